The number of hydrogen-bond acceptors (Lipinski definition) is 4. The molecule has 124 valence electrons. The van der Waals surface area contributed by atoms with E-state index >= 15 is 0 Å². The lowest BCUT2D eigenvalue weighted by atomic mass is 10.1. The van der Waals surface area contributed by atoms with Crippen LogP contribution in [0.15, 0.2) is 30.5 Å². The maximum atomic E-state index is 6.13. The molecule has 0 N–H and O–H groups in total. The predicted octanol–water partition coefficient (Wildman–Crippen LogP) is 5.16. The summed E-state index contributed by atoms with van der Waals surface area (Å²) in [6.45, 7) is 3.11. The first-order valence-electron chi connectivity index (χ1n) is 7.37. The van der Waals surface area contributed by atoms with Crippen molar-refractivity contribution in [3.8, 4) is 17.4 Å². The number of methoxy groups -OCH3 is 1. The monoisotopic (exact) mass is 355 g/mol. The van der Waals surface area contributed by atoms with Gasteiger partial charge in [0.1, 0.15) is 23.1 Å². The van der Waals surface area contributed by atoms with Gasteiger partial charge in [0.2, 0.25) is 5.88 Å². The second-order valence-electron chi connectivity index (χ2n) is 4.90. The normalized spacial score (nSPS) is 10.6. The first-order chi connectivity index (χ1) is 11.1. The second kappa shape index (κ2) is 8.96. The Morgan fingerprint density at radius 2 is 1.96 bits per heavy atom. The molecular weight excluding hydrogens is 337 g/mol. The van der Waals surface area contributed by atoms with Crippen molar-refractivity contribution in [2.24, 2.45) is 0 Å². The number of halogens is 2. The van der Waals surface area contributed by atoms with Crippen LogP contribution in [0.2, 0.25) is 10.0 Å². The molecule has 1 aromatic carbocycles. The Balaban J connectivity index is 2.23. The topological polar surface area (TPSA) is 40.6 Å². The number of hydrogen-bond donors (Lipinski definition) is 0. The van der Waals surface area contributed by atoms with Gasteiger partial charge in [-0.3, -0.25) is 0 Å². The zero-order chi connectivity index (χ0) is 16.7. The van der Waals surface area contributed by atoms with Gasteiger partial charge in [-0.05, 0) is 24.1 Å². The molecule has 1 aromatic heterocycles. The standard InChI is InChI=1S/C17H19Cl2NO3/c1-3-4-12-5-6-14(22-8-7-21-2)10-16(12)23-17-15(19)9-13(18)11-20-17/h5-6,9-11H,3-4,7-8H2,1-2H3. The zero-order valence-electron chi connectivity index (χ0n) is 13.1. The van der Waals surface area contributed by atoms with Crippen molar-refractivity contribution in [3.05, 3.63) is 46.1 Å². The van der Waals surface area contributed by atoms with Gasteiger partial charge in [-0.2, -0.15) is 0 Å². The van der Waals surface area contributed by atoms with Crippen LogP contribution in [0.1, 0.15) is 18.9 Å². The van der Waals surface area contributed by atoms with Gasteiger partial charge in [-0.15, -0.1) is 0 Å². The maximum Gasteiger partial charge on any atom is 0.238 e. The van der Waals surface area contributed by atoms with Gasteiger partial charge in [-0.1, -0.05) is 42.6 Å². The summed E-state index contributed by atoms with van der Waals surface area (Å²) >= 11 is 12.0. The molecule has 0 radical (unpaired) electrons. The molecule has 6 heteroatoms. The van der Waals surface area contributed by atoms with Gasteiger partial charge in [0, 0.05) is 19.4 Å². The van der Waals surface area contributed by atoms with Gasteiger partial charge in [0.15, 0.2) is 0 Å². The summed E-state index contributed by atoms with van der Waals surface area (Å²) in [5.74, 6) is 1.71. The number of ether oxygens (including phenoxy) is 3. The molecule has 0 saturated heterocycles. The van der Waals surface area contributed by atoms with E-state index in [0.29, 0.717) is 40.6 Å². The molecule has 0 atom stereocenters. The molecule has 4 nitrogen and oxygen atoms in total. The molecule has 0 aliphatic rings. The van der Waals surface area contributed by atoms with Gasteiger partial charge >= 0.3 is 0 Å². The van der Waals surface area contributed by atoms with Crippen LogP contribution >= 0.6 is 23.2 Å². The van der Waals surface area contributed by atoms with Gasteiger partial charge in [-0.25, -0.2) is 4.98 Å². The van der Waals surface area contributed by atoms with Crippen molar-refractivity contribution in [1.29, 1.82) is 0 Å². The first kappa shape index (κ1) is 17.9. The summed E-state index contributed by atoms with van der Waals surface area (Å²) in [5, 5.41) is 0.832. The molecule has 0 unspecified atom stereocenters. The highest BCUT2D eigenvalue weighted by Crippen LogP contribution is 2.33. The number of benzene rings is 1. The summed E-state index contributed by atoms with van der Waals surface area (Å²) in [4.78, 5) is 4.13. The van der Waals surface area contributed by atoms with Crippen molar-refractivity contribution in [2.45, 2.75) is 19.8 Å². The third-order valence-corrected chi connectivity index (χ3v) is 3.57. The van der Waals surface area contributed by atoms with Crippen LogP contribution in [0, 0.1) is 0 Å². The third kappa shape index (κ3) is 5.27. The van der Waals surface area contributed by atoms with E-state index < -0.39 is 0 Å². The highest BCUT2D eigenvalue weighted by molar-refractivity contribution is 6.35. The Kier molecular flexibility index (Phi) is 6.96. The molecule has 2 aromatic rings. The largest absolute Gasteiger partial charge is 0.491 e. The van der Waals surface area contributed by atoms with Crippen LogP contribution in [0.3, 0.4) is 0 Å². The summed E-state index contributed by atoms with van der Waals surface area (Å²) in [6.07, 6.45) is 3.39. The number of nitrogens with zero attached hydrogens (tertiary/aromatic N) is 1. The molecule has 0 spiro atoms. The van der Waals surface area contributed by atoms with E-state index in [0.717, 1.165) is 18.4 Å². The SMILES string of the molecule is CCCc1ccc(OCCOC)cc1Oc1ncc(Cl)cc1Cl. The summed E-state index contributed by atoms with van der Waals surface area (Å²) < 4.78 is 16.5. The van der Waals surface area contributed by atoms with Crippen molar-refractivity contribution >= 4 is 23.2 Å². The average molecular weight is 356 g/mol. The van der Waals surface area contributed by atoms with Gasteiger partial charge in [0.25, 0.3) is 0 Å². The van der Waals surface area contributed by atoms with Crippen LogP contribution in [0.4, 0.5) is 0 Å². The Labute approximate surface area is 146 Å². The molecule has 1 heterocycles. The quantitative estimate of drug-likeness (QED) is 0.613. The van der Waals surface area contributed by atoms with Crippen LogP contribution in [0.5, 0.6) is 17.4 Å². The molecule has 0 aliphatic carbocycles. The van der Waals surface area contributed by atoms with Crippen molar-refractivity contribution in [1.82, 2.24) is 4.98 Å². The predicted molar refractivity (Wildman–Crippen MR) is 92.1 cm³/mol. The fraction of sp³-hybridized carbons (Fsp3) is 0.353. The fourth-order valence-electron chi connectivity index (χ4n) is 2.02. The van der Waals surface area contributed by atoms with Crippen molar-refractivity contribution in [3.63, 3.8) is 0 Å². The van der Waals surface area contributed by atoms with E-state index in [9.17, 15) is 0 Å². The van der Waals surface area contributed by atoms with Crippen LogP contribution in [-0.4, -0.2) is 25.3 Å². The lowest BCUT2D eigenvalue weighted by Gasteiger charge is -2.13. The van der Waals surface area contributed by atoms with E-state index in [2.05, 4.69) is 11.9 Å². The lowest BCUT2D eigenvalue weighted by Crippen LogP contribution is -2.04. The summed E-state index contributed by atoms with van der Waals surface area (Å²) in [7, 11) is 1.64. The summed E-state index contributed by atoms with van der Waals surface area (Å²) in [6, 6.07) is 7.35. The Morgan fingerprint density at radius 1 is 1.13 bits per heavy atom. The Hall–Kier alpha value is -1.49. The first-order valence-corrected chi connectivity index (χ1v) is 8.13. The molecule has 0 saturated carbocycles. The minimum atomic E-state index is 0.322. The second-order valence-corrected chi connectivity index (χ2v) is 5.75. The highest BCUT2D eigenvalue weighted by atomic mass is 35.5. The van der Waals surface area contributed by atoms with Crippen LogP contribution in [0.25, 0.3) is 0 Å². The summed E-state index contributed by atoms with van der Waals surface area (Å²) in [5.41, 5.74) is 1.07. The van der Waals surface area contributed by atoms with Crippen molar-refractivity contribution in [2.75, 3.05) is 20.3 Å². The third-order valence-electron chi connectivity index (χ3n) is 3.09. The van der Waals surface area contributed by atoms with Gasteiger partial charge in [0.05, 0.1) is 11.6 Å². The van der Waals surface area contributed by atoms with E-state index in [1.165, 1.54) is 6.20 Å². The van der Waals surface area contributed by atoms with Gasteiger partial charge < -0.3 is 14.2 Å². The number of aromatic nitrogens is 1. The fourth-order valence-corrected chi connectivity index (χ4v) is 2.44. The smallest absolute Gasteiger partial charge is 0.238 e. The maximum absolute atomic E-state index is 6.13. The Bertz CT molecular complexity index is 650. The van der Waals surface area contributed by atoms with Crippen molar-refractivity contribution < 1.29 is 14.2 Å². The number of aryl methyl sites for hydroxylation is 1. The van der Waals surface area contributed by atoms with E-state index in [1.54, 1.807) is 13.2 Å². The average Bonchev–Trinajstić information content (AvgIpc) is 2.53. The van der Waals surface area contributed by atoms with Crippen LogP contribution in [-0.2, 0) is 11.2 Å². The molecule has 0 bridgehead atoms. The minimum Gasteiger partial charge on any atom is -0.491 e. The van der Waals surface area contributed by atoms with E-state index in [-0.39, 0.29) is 0 Å². The molecule has 0 amide bonds. The molecule has 23 heavy (non-hydrogen) atoms. The molecule has 2 rings (SSSR count). The Morgan fingerprint density at radius 3 is 2.65 bits per heavy atom. The number of rotatable bonds is 8. The van der Waals surface area contributed by atoms with E-state index in [1.807, 2.05) is 18.2 Å². The molecular formula is C17H19Cl2NO3. The van der Waals surface area contributed by atoms with Crippen LogP contribution < -0.4 is 9.47 Å². The highest BCUT2D eigenvalue weighted by Gasteiger charge is 2.11. The zero-order valence-corrected chi connectivity index (χ0v) is 14.7. The van der Waals surface area contributed by atoms with E-state index in [4.69, 9.17) is 37.4 Å². The molecule has 0 fully saturated rings. The molecule has 0 aliphatic heterocycles. The minimum absolute atomic E-state index is 0.322. The number of pyridine rings is 1. The lowest BCUT2D eigenvalue weighted by molar-refractivity contribution is 0.146.